The molecule has 2 aromatic carbocycles. The molecule has 0 bridgehead atoms. The van der Waals surface area contributed by atoms with E-state index in [1.165, 1.54) is 23.1 Å². The van der Waals surface area contributed by atoms with Crippen LogP contribution < -0.4 is 10.2 Å². The number of para-hydroxylation sites is 2. The molecule has 2 aromatic rings. The maximum atomic E-state index is 13.1. The first-order chi connectivity index (χ1) is 12.4. The first-order valence-electron chi connectivity index (χ1n) is 8.20. The van der Waals surface area contributed by atoms with E-state index < -0.39 is 17.6 Å². The molecule has 0 atom stereocenters. The summed E-state index contributed by atoms with van der Waals surface area (Å²) in [7, 11) is 0. The smallest absolute Gasteiger partial charge is 0.324 e. The van der Waals surface area contributed by atoms with Gasteiger partial charge in [-0.1, -0.05) is 30.3 Å². The van der Waals surface area contributed by atoms with Crippen molar-refractivity contribution < 1.29 is 22.8 Å². The van der Waals surface area contributed by atoms with Crippen molar-refractivity contribution in [3.8, 4) is 0 Å². The highest BCUT2D eigenvalue weighted by Gasteiger charge is 2.34. The number of aryl methyl sites for hydroxylation is 1. The summed E-state index contributed by atoms with van der Waals surface area (Å²) in [6, 6.07) is 12.0. The number of carbonyl (C=O) groups is 2. The molecule has 0 aliphatic carbocycles. The lowest BCUT2D eigenvalue weighted by Gasteiger charge is -2.23. The number of alkyl halides is 3. The van der Waals surface area contributed by atoms with E-state index in [4.69, 9.17) is 0 Å². The van der Waals surface area contributed by atoms with E-state index in [1.54, 1.807) is 12.1 Å². The third-order valence-corrected chi connectivity index (χ3v) is 4.23. The molecule has 0 saturated heterocycles. The molecule has 7 heteroatoms. The van der Waals surface area contributed by atoms with Crippen LogP contribution in [0.4, 0.5) is 24.5 Å². The fourth-order valence-electron chi connectivity index (χ4n) is 3.03. The Balaban J connectivity index is 1.82. The summed E-state index contributed by atoms with van der Waals surface area (Å²) in [5.41, 5.74) is 0.340. The number of benzene rings is 2. The lowest BCUT2D eigenvalue weighted by Crippen LogP contribution is -2.38. The van der Waals surface area contributed by atoms with Gasteiger partial charge >= 0.3 is 6.18 Å². The minimum atomic E-state index is -4.57. The van der Waals surface area contributed by atoms with Crippen LogP contribution in [-0.2, 0) is 22.2 Å². The molecule has 1 aliphatic heterocycles. The predicted octanol–water partition coefficient (Wildman–Crippen LogP) is 4.01. The molecular formula is C19H17F3N2O2. The van der Waals surface area contributed by atoms with Crippen LogP contribution in [0.1, 0.15) is 24.0 Å². The van der Waals surface area contributed by atoms with E-state index >= 15 is 0 Å². The summed E-state index contributed by atoms with van der Waals surface area (Å²) in [5, 5.41) is 2.28. The first-order valence-corrected chi connectivity index (χ1v) is 8.20. The van der Waals surface area contributed by atoms with Crippen LogP contribution in [0.2, 0.25) is 0 Å². The number of amides is 2. The number of hydrogen-bond acceptors (Lipinski definition) is 2. The molecule has 0 unspecified atom stereocenters. The van der Waals surface area contributed by atoms with E-state index in [0.29, 0.717) is 18.5 Å². The fourth-order valence-corrected chi connectivity index (χ4v) is 3.03. The largest absolute Gasteiger partial charge is 0.418 e. The van der Waals surface area contributed by atoms with Gasteiger partial charge in [-0.05, 0) is 36.6 Å². The summed E-state index contributed by atoms with van der Waals surface area (Å²) in [6.45, 7) is -0.331. The fraction of sp³-hybridized carbons (Fsp3) is 0.263. The summed E-state index contributed by atoms with van der Waals surface area (Å²) in [5.74, 6) is -0.888. The van der Waals surface area contributed by atoms with Gasteiger partial charge in [-0.25, -0.2) is 0 Å². The van der Waals surface area contributed by atoms with E-state index in [9.17, 15) is 22.8 Å². The van der Waals surface area contributed by atoms with Gasteiger partial charge in [-0.3, -0.25) is 9.59 Å². The molecule has 1 heterocycles. The summed E-state index contributed by atoms with van der Waals surface area (Å²) in [4.78, 5) is 26.1. The lowest BCUT2D eigenvalue weighted by atomic mass is 10.1. The molecule has 0 spiro atoms. The maximum absolute atomic E-state index is 13.1. The van der Waals surface area contributed by atoms with Crippen LogP contribution in [-0.4, -0.2) is 18.4 Å². The molecular weight excluding hydrogens is 345 g/mol. The number of anilines is 2. The zero-order valence-electron chi connectivity index (χ0n) is 13.8. The zero-order chi connectivity index (χ0) is 18.7. The second-order valence-corrected chi connectivity index (χ2v) is 6.05. The normalized spacial score (nSPS) is 14.6. The maximum Gasteiger partial charge on any atom is 0.418 e. The SMILES string of the molecule is O=C(CN1C(=O)CCCc2ccccc21)Nc1ccccc1C(F)(F)F. The summed E-state index contributed by atoms with van der Waals surface area (Å²) in [6.07, 6.45) is -2.89. The number of carbonyl (C=O) groups excluding carboxylic acids is 2. The third kappa shape index (κ3) is 3.87. The Labute approximate surface area is 148 Å². The van der Waals surface area contributed by atoms with Gasteiger partial charge in [-0.2, -0.15) is 13.2 Å². The second kappa shape index (κ2) is 7.19. The lowest BCUT2D eigenvalue weighted by molar-refractivity contribution is -0.137. The van der Waals surface area contributed by atoms with Crippen molar-refractivity contribution in [3.05, 3.63) is 59.7 Å². The highest BCUT2D eigenvalue weighted by atomic mass is 19.4. The number of hydrogen-bond donors (Lipinski definition) is 1. The predicted molar refractivity (Wildman–Crippen MR) is 91.8 cm³/mol. The van der Waals surface area contributed by atoms with Crippen molar-refractivity contribution in [1.29, 1.82) is 0 Å². The Morgan fingerprint density at radius 2 is 1.73 bits per heavy atom. The van der Waals surface area contributed by atoms with E-state index in [0.717, 1.165) is 18.1 Å². The average molecular weight is 362 g/mol. The Morgan fingerprint density at radius 1 is 1.04 bits per heavy atom. The van der Waals surface area contributed by atoms with Gasteiger partial charge in [0.15, 0.2) is 0 Å². The molecule has 0 saturated carbocycles. The summed E-state index contributed by atoms with van der Waals surface area (Å²) < 4.78 is 39.2. The van der Waals surface area contributed by atoms with Gasteiger partial charge in [0.2, 0.25) is 11.8 Å². The van der Waals surface area contributed by atoms with Crippen LogP contribution in [0, 0.1) is 0 Å². The van der Waals surface area contributed by atoms with Crippen LogP contribution in [0.15, 0.2) is 48.5 Å². The second-order valence-electron chi connectivity index (χ2n) is 6.05. The van der Waals surface area contributed by atoms with Crippen LogP contribution in [0.25, 0.3) is 0 Å². The van der Waals surface area contributed by atoms with Crippen molar-refractivity contribution in [1.82, 2.24) is 0 Å². The highest BCUT2D eigenvalue weighted by Crippen LogP contribution is 2.34. The standard InChI is InChI=1S/C19H17F3N2O2/c20-19(21,22)14-8-2-3-9-15(14)23-17(25)12-24-16-10-4-1-6-13(16)7-5-11-18(24)26/h1-4,6,8-10H,5,7,11-12H2,(H,23,25). The van der Waals surface area contributed by atoms with Gasteiger partial charge in [0.25, 0.3) is 0 Å². The van der Waals surface area contributed by atoms with Gasteiger partial charge in [0.05, 0.1) is 11.3 Å². The van der Waals surface area contributed by atoms with E-state index in [-0.39, 0.29) is 18.1 Å². The highest BCUT2D eigenvalue weighted by molar-refractivity contribution is 6.03. The van der Waals surface area contributed by atoms with Crippen molar-refractivity contribution in [2.24, 2.45) is 0 Å². The molecule has 3 rings (SSSR count). The van der Waals surface area contributed by atoms with Crippen molar-refractivity contribution in [2.75, 3.05) is 16.8 Å². The Morgan fingerprint density at radius 3 is 2.50 bits per heavy atom. The zero-order valence-corrected chi connectivity index (χ0v) is 13.8. The first kappa shape index (κ1) is 18.0. The van der Waals surface area contributed by atoms with Crippen LogP contribution >= 0.6 is 0 Å². The van der Waals surface area contributed by atoms with Gasteiger partial charge in [0.1, 0.15) is 6.54 Å². The monoisotopic (exact) mass is 362 g/mol. The molecule has 136 valence electrons. The molecule has 0 aromatic heterocycles. The quantitative estimate of drug-likeness (QED) is 0.897. The number of nitrogens with one attached hydrogen (secondary N) is 1. The number of rotatable bonds is 3. The molecule has 4 nitrogen and oxygen atoms in total. The number of halogens is 3. The van der Waals surface area contributed by atoms with Crippen molar-refractivity contribution in [2.45, 2.75) is 25.4 Å². The van der Waals surface area contributed by atoms with Crippen molar-refractivity contribution >= 4 is 23.2 Å². The molecule has 26 heavy (non-hydrogen) atoms. The van der Waals surface area contributed by atoms with Crippen molar-refractivity contribution in [3.63, 3.8) is 0 Å². The van der Waals surface area contributed by atoms with Gasteiger partial charge < -0.3 is 10.2 Å². The van der Waals surface area contributed by atoms with Crippen LogP contribution in [0.5, 0.6) is 0 Å². The molecule has 0 radical (unpaired) electrons. The minimum absolute atomic E-state index is 0.214. The number of fused-ring (bicyclic) bond motifs is 1. The molecule has 2 amide bonds. The minimum Gasteiger partial charge on any atom is -0.324 e. The topological polar surface area (TPSA) is 49.4 Å². The number of nitrogens with zero attached hydrogens (tertiary/aromatic N) is 1. The third-order valence-electron chi connectivity index (χ3n) is 4.23. The molecule has 1 aliphatic rings. The van der Waals surface area contributed by atoms with E-state index in [1.807, 2.05) is 12.1 Å². The molecule has 0 fully saturated rings. The van der Waals surface area contributed by atoms with Gasteiger partial charge in [0, 0.05) is 12.1 Å². The van der Waals surface area contributed by atoms with Gasteiger partial charge in [-0.15, -0.1) is 0 Å². The molecule has 1 N–H and O–H groups in total. The van der Waals surface area contributed by atoms with Crippen LogP contribution in [0.3, 0.4) is 0 Å². The Hall–Kier alpha value is -2.83. The Bertz CT molecular complexity index is 834. The summed E-state index contributed by atoms with van der Waals surface area (Å²) >= 11 is 0. The average Bonchev–Trinajstić information content (AvgIpc) is 2.74. The Kier molecular flexibility index (Phi) is 4.97. The van der Waals surface area contributed by atoms with E-state index in [2.05, 4.69) is 5.32 Å².